The van der Waals surface area contributed by atoms with Crippen molar-refractivity contribution in [1.82, 2.24) is 0 Å². The Morgan fingerprint density at radius 3 is 0.717 bits per heavy atom. The van der Waals surface area contributed by atoms with Crippen LogP contribution in [0.1, 0.15) is 329 Å². The minimum Gasteiger partial charge on any atom is -0.463 e. The highest BCUT2D eigenvalue weighted by molar-refractivity contribution is 7.47. The summed E-state index contributed by atoms with van der Waals surface area (Å²) in [6.45, 7) is 2.27. The SMILES string of the molecule is CC/C=C\C/C=C\C/C=C\C/C=C\C/C=C\C/C=C\CCCCC(=O)OCC(COP(=O)(O)OCC(O)COP(=O)(O)OCC(O)COC(=O)CCCCCCCCCCCCCCCCCCCCC/C=C\C/C=C\C/C=C\C/C=C\C/C=C\CC)OC(=O)CCCCCCC/C=C\C/C=C\C/C=C\C/C=C\C/C=C\CC. The molecule has 0 saturated carbocycles. The third-order valence-electron chi connectivity index (χ3n) is 17.8. The van der Waals surface area contributed by atoms with Gasteiger partial charge in [-0.05, 0) is 161 Å². The van der Waals surface area contributed by atoms with Crippen LogP contribution in [0.5, 0.6) is 0 Å². The first-order valence-corrected chi connectivity index (χ1v) is 46.7. The van der Waals surface area contributed by atoms with Gasteiger partial charge in [0.25, 0.3) is 0 Å². The summed E-state index contributed by atoms with van der Waals surface area (Å²) in [6, 6.07) is 0. The van der Waals surface area contributed by atoms with Crippen molar-refractivity contribution >= 4 is 33.6 Å². The second kappa shape index (κ2) is 85.8. The second-order valence-electron chi connectivity index (χ2n) is 28.5. The summed E-state index contributed by atoms with van der Waals surface area (Å²) >= 11 is 0. The summed E-state index contributed by atoms with van der Waals surface area (Å²) in [6.07, 6.45) is 114. The molecule has 0 radical (unpaired) electrons. The average molecular weight is 1620 g/mol. The van der Waals surface area contributed by atoms with E-state index in [0.29, 0.717) is 19.3 Å². The van der Waals surface area contributed by atoms with Crippen molar-refractivity contribution in [3.63, 3.8) is 0 Å². The van der Waals surface area contributed by atoms with Crippen LogP contribution in [-0.4, -0.2) is 95.9 Å². The Labute approximate surface area is 687 Å². The molecule has 16 nitrogen and oxygen atoms in total. The summed E-state index contributed by atoms with van der Waals surface area (Å²) < 4.78 is 61.3. The number of carbonyl (C=O) groups excluding carboxylic acids is 3. The van der Waals surface area contributed by atoms with E-state index in [1.54, 1.807) is 0 Å². The van der Waals surface area contributed by atoms with Crippen LogP contribution in [0.2, 0.25) is 0 Å². The Kier molecular flexibility index (Phi) is 81.5. The maximum absolute atomic E-state index is 13.0. The summed E-state index contributed by atoms with van der Waals surface area (Å²) in [5.74, 6) is -1.65. The smallest absolute Gasteiger partial charge is 0.463 e. The lowest BCUT2D eigenvalue weighted by Crippen LogP contribution is -2.30. The van der Waals surface area contributed by atoms with Crippen LogP contribution in [0.3, 0.4) is 0 Å². The molecule has 0 aromatic heterocycles. The van der Waals surface area contributed by atoms with Crippen LogP contribution >= 0.6 is 15.6 Å². The largest absolute Gasteiger partial charge is 0.472 e. The number of phosphoric acid groups is 2. The van der Waals surface area contributed by atoms with Crippen molar-refractivity contribution in [1.29, 1.82) is 0 Å². The number of hydrogen-bond donors (Lipinski definition) is 4. The van der Waals surface area contributed by atoms with Crippen LogP contribution < -0.4 is 0 Å². The molecule has 5 atom stereocenters. The van der Waals surface area contributed by atoms with Gasteiger partial charge >= 0.3 is 33.6 Å². The number of rotatable bonds is 81. The molecule has 0 saturated heterocycles. The summed E-state index contributed by atoms with van der Waals surface area (Å²) in [4.78, 5) is 58.8. The fourth-order valence-electron chi connectivity index (χ4n) is 11.3. The quantitative estimate of drug-likeness (QED) is 0.0146. The Morgan fingerprint density at radius 1 is 0.248 bits per heavy atom. The lowest BCUT2D eigenvalue weighted by Gasteiger charge is -2.21. The lowest BCUT2D eigenvalue weighted by molar-refractivity contribution is -0.161. The molecular weight excluding hydrogens is 1460 g/mol. The Hall–Kier alpha value is -5.61. The first-order valence-electron chi connectivity index (χ1n) is 43.7. The van der Waals surface area contributed by atoms with E-state index in [1.165, 1.54) is 103 Å². The van der Waals surface area contributed by atoms with Crippen molar-refractivity contribution in [3.8, 4) is 0 Å². The maximum atomic E-state index is 13.0. The van der Waals surface area contributed by atoms with Gasteiger partial charge in [0.2, 0.25) is 0 Å². The van der Waals surface area contributed by atoms with E-state index in [9.17, 15) is 43.5 Å². The number of ether oxygens (including phenoxy) is 3. The van der Waals surface area contributed by atoms with E-state index in [1.807, 2.05) is 0 Å². The standard InChI is InChI=1S/C95H156O16P2/c1-4-7-10-13-16-19-22-25-28-31-34-37-38-39-40-41-42-43-44-45-46-47-48-49-50-53-55-57-60-63-66-69-72-75-78-81-93(98)105-84-90(96)85-107-112(101,102)108-86-91(97)87-109-113(103,104)110-89-92(111-95(100)83-80-77-74-71-68-65-62-59-56-52-36-33-30-27-24-21-18-15-12-9-6-3)88-106-94(99)82-79-76-73-70-67-64-61-58-54-51-35-32-29-26-23-20-17-14-11-8-5-2/h7-12,16-21,25-30,34-37,39-40,51-52,58-59,61-62,67,70,90-92,96-97H,4-6,13-15,22-24,31-33,38,41-50,53-57,60,63-66,68-69,71-89H2,1-3H3,(H,101,102)(H,103,104)/b10-7-,11-8-,12-9-,19-16-,20-17-,21-18-,28-25-,29-26-,30-27-,37-34-,40-39-,51-35-,52-36-,61-58-,62-59-,70-67-. The molecule has 0 aromatic rings. The van der Waals surface area contributed by atoms with E-state index in [4.69, 9.17) is 32.3 Å². The minimum absolute atomic E-state index is 0.0652. The van der Waals surface area contributed by atoms with Gasteiger partial charge < -0.3 is 34.2 Å². The van der Waals surface area contributed by atoms with Gasteiger partial charge in [-0.15, -0.1) is 0 Å². The van der Waals surface area contributed by atoms with Crippen LogP contribution in [0.4, 0.5) is 0 Å². The van der Waals surface area contributed by atoms with Crippen molar-refractivity contribution in [3.05, 3.63) is 194 Å². The summed E-state index contributed by atoms with van der Waals surface area (Å²) in [5.41, 5.74) is 0. The minimum atomic E-state index is -4.96. The summed E-state index contributed by atoms with van der Waals surface area (Å²) in [7, 11) is -9.83. The molecule has 5 unspecified atom stereocenters. The summed E-state index contributed by atoms with van der Waals surface area (Å²) in [5, 5.41) is 20.7. The first kappa shape index (κ1) is 107. The molecule has 0 aromatic carbocycles. The maximum Gasteiger partial charge on any atom is 0.472 e. The molecule has 0 aliphatic carbocycles. The van der Waals surface area contributed by atoms with Gasteiger partial charge in [-0.2, -0.15) is 0 Å². The number of allylic oxidation sites excluding steroid dienone is 32. The molecule has 0 fully saturated rings. The molecule has 0 aliphatic rings. The van der Waals surface area contributed by atoms with Gasteiger partial charge in [0.1, 0.15) is 25.4 Å². The highest BCUT2D eigenvalue weighted by Crippen LogP contribution is 2.45. The van der Waals surface area contributed by atoms with E-state index in [0.717, 1.165) is 167 Å². The molecule has 0 bridgehead atoms. The number of hydrogen-bond acceptors (Lipinski definition) is 14. The molecule has 4 N–H and O–H groups in total. The zero-order chi connectivity index (χ0) is 82.2. The molecule has 18 heteroatoms. The van der Waals surface area contributed by atoms with Crippen LogP contribution in [0.15, 0.2) is 194 Å². The predicted octanol–water partition coefficient (Wildman–Crippen LogP) is 26.7. The third-order valence-corrected chi connectivity index (χ3v) is 19.7. The average Bonchev–Trinajstić information content (AvgIpc) is 0.902. The number of aliphatic hydroxyl groups excluding tert-OH is 2. The van der Waals surface area contributed by atoms with Gasteiger partial charge in [0.15, 0.2) is 6.10 Å². The molecule has 0 rings (SSSR count). The lowest BCUT2D eigenvalue weighted by atomic mass is 10.0. The predicted molar refractivity (Wildman–Crippen MR) is 472 cm³/mol. The topological polar surface area (TPSA) is 231 Å². The zero-order valence-corrected chi connectivity index (χ0v) is 72.3. The third kappa shape index (κ3) is 87.1. The van der Waals surface area contributed by atoms with E-state index >= 15 is 0 Å². The van der Waals surface area contributed by atoms with Gasteiger partial charge in [0.05, 0.1) is 26.4 Å². The van der Waals surface area contributed by atoms with Gasteiger partial charge in [0, 0.05) is 19.3 Å². The molecule has 0 amide bonds. The fraction of sp³-hybridized carbons (Fsp3) is 0.632. The normalized spacial score (nSPS) is 14.8. The number of aliphatic hydroxyl groups is 2. The van der Waals surface area contributed by atoms with Crippen molar-refractivity contribution < 1.29 is 75.8 Å². The molecule has 0 heterocycles. The van der Waals surface area contributed by atoms with Crippen molar-refractivity contribution in [2.24, 2.45) is 0 Å². The number of carbonyl (C=O) groups is 3. The van der Waals surface area contributed by atoms with Gasteiger partial charge in [-0.3, -0.25) is 32.5 Å². The van der Waals surface area contributed by atoms with Crippen LogP contribution in [-0.2, 0) is 55.8 Å². The van der Waals surface area contributed by atoms with E-state index < -0.39 is 91.5 Å². The van der Waals surface area contributed by atoms with Crippen molar-refractivity contribution in [2.75, 3.05) is 39.6 Å². The number of phosphoric ester groups is 2. The monoisotopic (exact) mass is 1620 g/mol. The molecule has 0 spiro atoms. The molecule has 642 valence electrons. The number of esters is 3. The Bertz CT molecular complexity index is 2830. The Morgan fingerprint density at radius 2 is 0.442 bits per heavy atom. The van der Waals surface area contributed by atoms with Crippen molar-refractivity contribution in [2.45, 2.75) is 347 Å². The van der Waals surface area contributed by atoms with E-state index in [2.05, 4.69) is 215 Å². The van der Waals surface area contributed by atoms with Gasteiger partial charge in [-0.25, -0.2) is 9.13 Å². The second-order valence-corrected chi connectivity index (χ2v) is 31.5. The molecular formula is C95H156O16P2. The highest BCUT2D eigenvalue weighted by Gasteiger charge is 2.29. The number of unbranched alkanes of at least 4 members (excludes halogenated alkanes) is 26. The highest BCUT2D eigenvalue weighted by atomic mass is 31.2. The van der Waals surface area contributed by atoms with Crippen LogP contribution in [0, 0.1) is 0 Å². The fourth-order valence-corrected chi connectivity index (χ4v) is 12.9. The van der Waals surface area contributed by atoms with E-state index in [-0.39, 0.29) is 19.3 Å². The first-order chi connectivity index (χ1) is 55.2. The van der Waals surface area contributed by atoms with Gasteiger partial charge in [-0.1, -0.05) is 344 Å². The zero-order valence-electron chi connectivity index (χ0n) is 70.5. The molecule has 113 heavy (non-hydrogen) atoms. The van der Waals surface area contributed by atoms with Crippen LogP contribution in [0.25, 0.3) is 0 Å². The Balaban J connectivity index is 4.56. The molecule has 0 aliphatic heterocycles.